The molecule has 0 radical (unpaired) electrons. The maximum absolute atomic E-state index is 11.9. The highest BCUT2D eigenvalue weighted by Gasteiger charge is 2.17. The van der Waals surface area contributed by atoms with Crippen LogP contribution in [0.1, 0.15) is 23.7 Å². The maximum Gasteiger partial charge on any atom is 0.339 e. The van der Waals surface area contributed by atoms with Gasteiger partial charge < -0.3 is 20.4 Å². The fourth-order valence-electron chi connectivity index (χ4n) is 1.54. The van der Waals surface area contributed by atoms with Gasteiger partial charge in [0.15, 0.2) is 0 Å². The highest BCUT2D eigenvalue weighted by Crippen LogP contribution is 2.24. The van der Waals surface area contributed by atoms with E-state index in [4.69, 9.17) is 16.7 Å². The number of amides is 2. The van der Waals surface area contributed by atoms with E-state index in [-0.39, 0.29) is 16.3 Å². The molecule has 0 bridgehead atoms. The van der Waals surface area contributed by atoms with Crippen LogP contribution < -0.4 is 5.32 Å². The average molecular weight is 301 g/mol. The summed E-state index contributed by atoms with van der Waals surface area (Å²) in [4.78, 5) is 24.4. The summed E-state index contributed by atoms with van der Waals surface area (Å²) in [5, 5.41) is 20.8. The van der Waals surface area contributed by atoms with Gasteiger partial charge in [0.1, 0.15) is 5.56 Å². The van der Waals surface area contributed by atoms with Crippen molar-refractivity contribution in [2.24, 2.45) is 0 Å². The normalized spacial score (nSPS) is 11.8. The number of urea groups is 1. The Kier molecular flexibility index (Phi) is 5.79. The van der Waals surface area contributed by atoms with Gasteiger partial charge in [-0.3, -0.25) is 0 Å². The number of aliphatic hydroxyl groups is 1. The second-order valence-corrected chi connectivity index (χ2v) is 4.86. The number of nitrogens with one attached hydrogen (secondary N) is 1. The van der Waals surface area contributed by atoms with Crippen LogP contribution in [-0.4, -0.2) is 46.8 Å². The minimum atomic E-state index is -1.21. The predicted molar refractivity (Wildman–Crippen MR) is 76.4 cm³/mol. The largest absolute Gasteiger partial charge is 0.478 e. The van der Waals surface area contributed by atoms with E-state index >= 15 is 0 Å². The summed E-state index contributed by atoms with van der Waals surface area (Å²) in [5.41, 5.74) is -0.00894. The molecule has 0 fully saturated rings. The van der Waals surface area contributed by atoms with Crippen molar-refractivity contribution in [3.63, 3.8) is 0 Å². The number of aliphatic hydroxyl groups excluding tert-OH is 1. The van der Waals surface area contributed by atoms with Crippen molar-refractivity contribution in [2.75, 3.05) is 18.9 Å². The Morgan fingerprint density at radius 2 is 2.10 bits per heavy atom. The lowest BCUT2D eigenvalue weighted by Crippen LogP contribution is -2.33. The summed E-state index contributed by atoms with van der Waals surface area (Å²) in [6, 6.07) is 4.00. The van der Waals surface area contributed by atoms with E-state index in [1.54, 1.807) is 20.0 Å². The summed E-state index contributed by atoms with van der Waals surface area (Å²) in [7, 11) is 1.56. The number of carboxylic acid groups (broad SMARTS) is 1. The number of benzene rings is 1. The van der Waals surface area contributed by atoms with Gasteiger partial charge in [-0.25, -0.2) is 9.59 Å². The van der Waals surface area contributed by atoms with Gasteiger partial charge >= 0.3 is 12.0 Å². The van der Waals surface area contributed by atoms with Gasteiger partial charge in [-0.15, -0.1) is 0 Å². The molecule has 1 unspecified atom stereocenters. The standard InChI is InChI=1S/C13H17ClN2O4/c1-8(17)6-7-16(2)13(20)15-10-5-3-4-9(14)11(10)12(18)19/h3-5,8,17H,6-7H2,1-2H3,(H,15,20)(H,18,19). The van der Waals surface area contributed by atoms with Gasteiger partial charge in [-0.2, -0.15) is 0 Å². The predicted octanol–water partition coefficient (Wildman–Crippen LogP) is 2.27. The molecule has 1 rings (SSSR count). The number of halogens is 1. The number of carbonyl (C=O) groups excluding carboxylic acids is 1. The van der Waals surface area contributed by atoms with Crippen LogP contribution in [0.2, 0.25) is 5.02 Å². The number of carbonyl (C=O) groups is 2. The van der Waals surface area contributed by atoms with Crippen LogP contribution in [0, 0.1) is 0 Å². The van der Waals surface area contributed by atoms with Crippen molar-refractivity contribution in [1.29, 1.82) is 0 Å². The Balaban J connectivity index is 2.80. The topological polar surface area (TPSA) is 89.9 Å². The Hall–Kier alpha value is -1.79. The SMILES string of the molecule is CC(O)CCN(C)C(=O)Nc1cccc(Cl)c1C(=O)O. The first-order chi connectivity index (χ1) is 9.32. The zero-order chi connectivity index (χ0) is 15.3. The Morgan fingerprint density at radius 3 is 2.65 bits per heavy atom. The van der Waals surface area contributed by atoms with Crippen LogP contribution in [0.25, 0.3) is 0 Å². The maximum atomic E-state index is 11.9. The van der Waals surface area contributed by atoms with Gasteiger partial charge in [0.05, 0.1) is 16.8 Å². The first kappa shape index (κ1) is 16.3. The third-order valence-corrected chi connectivity index (χ3v) is 3.01. The molecule has 0 aliphatic heterocycles. The van der Waals surface area contributed by atoms with E-state index in [1.165, 1.54) is 17.0 Å². The van der Waals surface area contributed by atoms with Crippen LogP contribution in [0.4, 0.5) is 10.5 Å². The first-order valence-electron chi connectivity index (χ1n) is 6.05. The minimum Gasteiger partial charge on any atom is -0.478 e. The second kappa shape index (κ2) is 7.12. The number of rotatable bonds is 5. The lowest BCUT2D eigenvalue weighted by Gasteiger charge is -2.19. The van der Waals surface area contributed by atoms with E-state index in [2.05, 4.69) is 5.32 Å². The summed E-state index contributed by atoms with van der Waals surface area (Å²) in [5.74, 6) is -1.21. The molecule has 1 atom stereocenters. The highest BCUT2D eigenvalue weighted by molar-refractivity contribution is 6.34. The van der Waals surface area contributed by atoms with Crippen molar-refractivity contribution in [3.05, 3.63) is 28.8 Å². The molecule has 3 N–H and O–H groups in total. The smallest absolute Gasteiger partial charge is 0.339 e. The number of carboxylic acids is 1. The van der Waals surface area contributed by atoms with Crippen LogP contribution in [-0.2, 0) is 0 Å². The Bertz CT molecular complexity index is 505. The molecule has 0 spiro atoms. The number of hydrogen-bond acceptors (Lipinski definition) is 3. The van der Waals surface area contributed by atoms with Crippen molar-refractivity contribution in [3.8, 4) is 0 Å². The monoisotopic (exact) mass is 300 g/mol. The molecule has 6 nitrogen and oxygen atoms in total. The first-order valence-corrected chi connectivity index (χ1v) is 6.42. The van der Waals surface area contributed by atoms with Gasteiger partial charge in [0.25, 0.3) is 0 Å². The molecule has 0 aromatic heterocycles. The van der Waals surface area contributed by atoms with Crippen LogP contribution >= 0.6 is 11.6 Å². The molecule has 0 aliphatic carbocycles. The molecule has 0 aliphatic rings. The molecule has 1 aromatic rings. The van der Waals surface area contributed by atoms with E-state index in [1.807, 2.05) is 0 Å². The fraction of sp³-hybridized carbons (Fsp3) is 0.385. The lowest BCUT2D eigenvalue weighted by molar-refractivity contribution is 0.0698. The van der Waals surface area contributed by atoms with E-state index in [0.717, 1.165) is 0 Å². The van der Waals surface area contributed by atoms with E-state index in [9.17, 15) is 14.7 Å². The highest BCUT2D eigenvalue weighted by atomic mass is 35.5. The number of hydrogen-bond donors (Lipinski definition) is 3. The molecule has 1 aromatic carbocycles. The molecular formula is C13H17ClN2O4. The van der Waals surface area contributed by atoms with Gasteiger partial charge in [0, 0.05) is 13.6 Å². The summed E-state index contributed by atoms with van der Waals surface area (Å²) in [6.45, 7) is 1.98. The number of anilines is 1. The van der Waals surface area contributed by atoms with Gasteiger partial charge in [-0.05, 0) is 25.5 Å². The third-order valence-electron chi connectivity index (χ3n) is 2.70. The number of aromatic carboxylic acids is 1. The summed E-state index contributed by atoms with van der Waals surface area (Å²) in [6.07, 6.45) is -0.0726. The Labute approximate surface area is 122 Å². The second-order valence-electron chi connectivity index (χ2n) is 4.46. The van der Waals surface area contributed by atoms with Gasteiger partial charge in [0.2, 0.25) is 0 Å². The fourth-order valence-corrected chi connectivity index (χ4v) is 1.79. The van der Waals surface area contributed by atoms with Crippen LogP contribution in [0.15, 0.2) is 18.2 Å². The zero-order valence-electron chi connectivity index (χ0n) is 11.3. The van der Waals surface area contributed by atoms with Crippen LogP contribution in [0.5, 0.6) is 0 Å². The number of nitrogens with zero attached hydrogens (tertiary/aromatic N) is 1. The molecule has 7 heteroatoms. The molecule has 110 valence electrons. The minimum absolute atomic E-state index is 0.0573. The average Bonchev–Trinajstić information content (AvgIpc) is 2.35. The Morgan fingerprint density at radius 1 is 1.45 bits per heavy atom. The van der Waals surface area contributed by atoms with E-state index in [0.29, 0.717) is 13.0 Å². The van der Waals surface area contributed by atoms with Gasteiger partial charge in [-0.1, -0.05) is 17.7 Å². The van der Waals surface area contributed by atoms with Crippen molar-refractivity contribution < 1.29 is 19.8 Å². The molecular weight excluding hydrogens is 284 g/mol. The summed E-state index contributed by atoms with van der Waals surface area (Å²) < 4.78 is 0. The van der Waals surface area contributed by atoms with E-state index < -0.39 is 18.1 Å². The zero-order valence-corrected chi connectivity index (χ0v) is 12.0. The van der Waals surface area contributed by atoms with Crippen molar-refractivity contribution in [1.82, 2.24) is 4.90 Å². The molecule has 0 saturated heterocycles. The molecule has 0 saturated carbocycles. The molecule has 20 heavy (non-hydrogen) atoms. The van der Waals surface area contributed by atoms with Crippen molar-refractivity contribution >= 4 is 29.3 Å². The quantitative estimate of drug-likeness (QED) is 0.778. The summed E-state index contributed by atoms with van der Waals surface area (Å²) >= 11 is 5.81. The lowest BCUT2D eigenvalue weighted by atomic mass is 10.2. The molecule has 0 heterocycles. The third kappa shape index (κ3) is 4.40. The molecule has 2 amide bonds. The van der Waals surface area contributed by atoms with Crippen LogP contribution in [0.3, 0.4) is 0 Å². The van der Waals surface area contributed by atoms with Crippen molar-refractivity contribution in [2.45, 2.75) is 19.4 Å².